The molecule has 0 spiro atoms. The number of carbonyl (C=O) groups excluding carboxylic acids is 1. The number of hydrogen-bond donors (Lipinski definition) is 1. The molecule has 1 fully saturated rings. The lowest BCUT2D eigenvalue weighted by Crippen LogP contribution is -2.47. The third kappa shape index (κ3) is 2.77. The van der Waals surface area contributed by atoms with E-state index in [1.54, 1.807) is 0 Å². The van der Waals surface area contributed by atoms with Crippen molar-refractivity contribution in [3.8, 4) is 0 Å². The van der Waals surface area contributed by atoms with Gasteiger partial charge >= 0.3 is 0 Å². The fourth-order valence-electron chi connectivity index (χ4n) is 3.65. The Bertz CT molecular complexity index is 517. The average molecular weight is 287 g/mol. The lowest BCUT2D eigenvalue weighted by molar-refractivity contribution is -0.123. The summed E-state index contributed by atoms with van der Waals surface area (Å²) < 4.78 is 0. The maximum absolute atomic E-state index is 12.9. The van der Waals surface area contributed by atoms with Crippen molar-refractivity contribution in [1.82, 2.24) is 0 Å². The summed E-state index contributed by atoms with van der Waals surface area (Å²) in [5.74, 6) is 0.378. The van der Waals surface area contributed by atoms with Gasteiger partial charge in [0.05, 0.1) is 11.4 Å². The van der Waals surface area contributed by atoms with Crippen LogP contribution in [-0.2, 0) is 4.79 Å². The minimum atomic E-state index is 0.106. The van der Waals surface area contributed by atoms with Gasteiger partial charge in [0.25, 0.3) is 0 Å². The molecule has 1 saturated carbocycles. The first-order valence-electron chi connectivity index (χ1n) is 8.11. The smallest absolute Gasteiger partial charge is 0.230 e. The van der Waals surface area contributed by atoms with Crippen molar-refractivity contribution >= 4 is 17.3 Å². The standard InChI is InChI=1S/C17H25N3O/c1-2-19-10-11-20(16-9-4-3-8-15(16)19)17(21)13-6-5-7-14(18)12-13/h3-4,8-9,13-14H,2,5-7,10-12,18H2,1H3. The van der Waals surface area contributed by atoms with Gasteiger partial charge in [0.15, 0.2) is 0 Å². The molecule has 2 unspecified atom stereocenters. The first-order valence-corrected chi connectivity index (χ1v) is 8.11. The van der Waals surface area contributed by atoms with E-state index < -0.39 is 0 Å². The molecule has 4 heteroatoms. The molecule has 1 amide bonds. The van der Waals surface area contributed by atoms with Gasteiger partial charge in [0.2, 0.25) is 5.91 Å². The molecule has 0 aromatic heterocycles. The Morgan fingerprint density at radius 2 is 2.00 bits per heavy atom. The van der Waals surface area contributed by atoms with Crippen molar-refractivity contribution in [2.24, 2.45) is 11.7 Å². The van der Waals surface area contributed by atoms with Gasteiger partial charge in [-0.2, -0.15) is 0 Å². The number of nitrogens with zero attached hydrogens (tertiary/aromatic N) is 2. The molecule has 1 aliphatic carbocycles. The van der Waals surface area contributed by atoms with Gasteiger partial charge in [-0.1, -0.05) is 18.6 Å². The Morgan fingerprint density at radius 1 is 1.24 bits per heavy atom. The van der Waals surface area contributed by atoms with Crippen molar-refractivity contribution in [1.29, 1.82) is 0 Å². The van der Waals surface area contributed by atoms with E-state index in [4.69, 9.17) is 5.73 Å². The first kappa shape index (κ1) is 14.4. The fraction of sp³-hybridized carbons (Fsp3) is 0.588. The molecule has 1 aromatic carbocycles. The normalized spacial score (nSPS) is 25.6. The second-order valence-electron chi connectivity index (χ2n) is 6.18. The van der Waals surface area contributed by atoms with E-state index in [0.717, 1.165) is 51.0 Å². The monoisotopic (exact) mass is 287 g/mol. The van der Waals surface area contributed by atoms with Gasteiger partial charge in [0.1, 0.15) is 0 Å². The zero-order valence-corrected chi connectivity index (χ0v) is 12.8. The van der Waals surface area contributed by atoms with Crippen LogP contribution in [0.5, 0.6) is 0 Å². The Morgan fingerprint density at radius 3 is 2.71 bits per heavy atom. The SMILES string of the molecule is CCN1CCN(C(=O)C2CCCC(N)C2)c2ccccc21. The van der Waals surface area contributed by atoms with Gasteiger partial charge in [-0.05, 0) is 38.3 Å². The topological polar surface area (TPSA) is 49.6 Å². The molecule has 2 aliphatic rings. The van der Waals surface area contributed by atoms with Gasteiger partial charge in [-0.3, -0.25) is 4.79 Å². The zero-order chi connectivity index (χ0) is 14.8. The maximum atomic E-state index is 12.9. The number of amides is 1. The highest BCUT2D eigenvalue weighted by Crippen LogP contribution is 2.35. The van der Waals surface area contributed by atoms with Gasteiger partial charge < -0.3 is 15.5 Å². The van der Waals surface area contributed by atoms with Crippen molar-refractivity contribution in [2.75, 3.05) is 29.4 Å². The highest BCUT2D eigenvalue weighted by atomic mass is 16.2. The summed E-state index contributed by atoms with van der Waals surface area (Å²) in [6.45, 7) is 4.84. The van der Waals surface area contributed by atoms with Crippen molar-refractivity contribution in [3.05, 3.63) is 24.3 Å². The molecule has 21 heavy (non-hydrogen) atoms. The van der Waals surface area contributed by atoms with Crippen molar-refractivity contribution in [2.45, 2.75) is 38.6 Å². The molecule has 1 aliphatic heterocycles. The Balaban J connectivity index is 1.84. The highest BCUT2D eigenvalue weighted by Gasteiger charge is 2.32. The van der Waals surface area contributed by atoms with Gasteiger partial charge in [-0.25, -0.2) is 0 Å². The van der Waals surface area contributed by atoms with Crippen LogP contribution in [0.1, 0.15) is 32.6 Å². The molecular weight excluding hydrogens is 262 g/mol. The zero-order valence-electron chi connectivity index (χ0n) is 12.8. The molecule has 1 heterocycles. The first-order chi connectivity index (χ1) is 10.2. The van der Waals surface area contributed by atoms with E-state index in [0.29, 0.717) is 0 Å². The number of rotatable bonds is 2. The summed E-state index contributed by atoms with van der Waals surface area (Å²) in [5, 5.41) is 0. The Hall–Kier alpha value is -1.55. The Labute approximate surface area is 126 Å². The van der Waals surface area contributed by atoms with Crippen LogP contribution in [-0.4, -0.2) is 31.6 Å². The maximum Gasteiger partial charge on any atom is 0.230 e. The average Bonchev–Trinajstić information content (AvgIpc) is 2.53. The number of hydrogen-bond acceptors (Lipinski definition) is 3. The number of para-hydroxylation sites is 2. The molecule has 4 nitrogen and oxygen atoms in total. The number of carbonyl (C=O) groups is 1. The molecule has 114 valence electrons. The molecule has 2 atom stereocenters. The van der Waals surface area contributed by atoms with Crippen LogP contribution in [0.25, 0.3) is 0 Å². The predicted octanol–water partition coefficient (Wildman–Crippen LogP) is 2.38. The van der Waals surface area contributed by atoms with Crippen molar-refractivity contribution < 1.29 is 4.79 Å². The largest absolute Gasteiger partial charge is 0.368 e. The molecule has 0 radical (unpaired) electrons. The van der Waals surface area contributed by atoms with Crippen LogP contribution in [0, 0.1) is 5.92 Å². The summed E-state index contributed by atoms with van der Waals surface area (Å²) in [6.07, 6.45) is 3.97. The summed E-state index contributed by atoms with van der Waals surface area (Å²) in [6, 6.07) is 8.44. The number of benzene rings is 1. The lowest BCUT2D eigenvalue weighted by Gasteiger charge is -2.39. The molecule has 3 rings (SSSR count). The number of likely N-dealkylation sites (N-methyl/N-ethyl adjacent to an activating group) is 1. The van der Waals surface area contributed by atoms with Crippen LogP contribution in [0.3, 0.4) is 0 Å². The van der Waals surface area contributed by atoms with Crippen LogP contribution in [0.15, 0.2) is 24.3 Å². The third-order valence-electron chi connectivity index (χ3n) is 4.82. The summed E-state index contributed by atoms with van der Waals surface area (Å²) >= 11 is 0. The minimum absolute atomic E-state index is 0.106. The molecule has 0 saturated heterocycles. The van der Waals surface area contributed by atoms with E-state index in [9.17, 15) is 4.79 Å². The molecule has 1 aromatic rings. The predicted molar refractivity (Wildman–Crippen MR) is 86.6 cm³/mol. The summed E-state index contributed by atoms with van der Waals surface area (Å²) in [4.78, 5) is 17.2. The summed E-state index contributed by atoms with van der Waals surface area (Å²) in [7, 11) is 0. The van der Waals surface area contributed by atoms with Crippen LogP contribution < -0.4 is 15.5 Å². The van der Waals surface area contributed by atoms with E-state index in [-0.39, 0.29) is 17.9 Å². The highest BCUT2D eigenvalue weighted by molar-refractivity contribution is 5.99. The molecule has 0 bridgehead atoms. The van der Waals surface area contributed by atoms with E-state index in [1.165, 1.54) is 5.69 Å². The summed E-state index contributed by atoms with van der Waals surface area (Å²) in [5.41, 5.74) is 8.30. The van der Waals surface area contributed by atoms with Crippen LogP contribution in [0.2, 0.25) is 0 Å². The van der Waals surface area contributed by atoms with E-state index in [2.05, 4.69) is 24.0 Å². The number of anilines is 2. The molecular formula is C17H25N3O. The van der Waals surface area contributed by atoms with E-state index >= 15 is 0 Å². The van der Waals surface area contributed by atoms with Crippen LogP contribution >= 0.6 is 0 Å². The third-order valence-corrected chi connectivity index (χ3v) is 4.82. The van der Waals surface area contributed by atoms with Gasteiger partial charge in [-0.15, -0.1) is 0 Å². The second-order valence-corrected chi connectivity index (χ2v) is 6.18. The van der Waals surface area contributed by atoms with Crippen molar-refractivity contribution in [3.63, 3.8) is 0 Å². The lowest BCUT2D eigenvalue weighted by atomic mass is 9.85. The second kappa shape index (κ2) is 6.06. The minimum Gasteiger partial charge on any atom is -0.368 e. The number of fused-ring (bicyclic) bond motifs is 1. The quantitative estimate of drug-likeness (QED) is 0.908. The Kier molecular flexibility index (Phi) is 4.15. The van der Waals surface area contributed by atoms with Crippen LogP contribution in [0.4, 0.5) is 11.4 Å². The van der Waals surface area contributed by atoms with E-state index in [1.807, 2.05) is 17.0 Å². The number of nitrogens with two attached hydrogens (primary N) is 1. The fourth-order valence-corrected chi connectivity index (χ4v) is 3.65. The molecule has 2 N–H and O–H groups in total. The van der Waals surface area contributed by atoms with Gasteiger partial charge in [0, 0.05) is 31.6 Å².